The molecule has 0 atom stereocenters. The number of nitrogens with one attached hydrogen (secondary N) is 1. The molecule has 1 aliphatic carbocycles. The first-order valence-corrected chi connectivity index (χ1v) is 8.43. The molecular formula is C20H26N2O2. The van der Waals surface area contributed by atoms with Crippen molar-refractivity contribution in [3.05, 3.63) is 65.5 Å². The summed E-state index contributed by atoms with van der Waals surface area (Å²) < 4.78 is 0. The van der Waals surface area contributed by atoms with E-state index in [0.717, 1.165) is 5.56 Å². The molecule has 128 valence electrons. The molecule has 1 aromatic heterocycles. The van der Waals surface area contributed by atoms with Crippen LogP contribution in [-0.2, 0) is 24.1 Å². The van der Waals surface area contributed by atoms with Crippen molar-refractivity contribution in [2.45, 2.75) is 51.7 Å². The number of aliphatic hydroxyl groups is 1. The van der Waals surface area contributed by atoms with Crippen LogP contribution in [0.15, 0.2) is 48.8 Å². The third-order valence-corrected chi connectivity index (χ3v) is 3.85. The Labute approximate surface area is 143 Å². The third kappa shape index (κ3) is 6.50. The molecule has 0 saturated heterocycles. The van der Waals surface area contributed by atoms with Gasteiger partial charge in [0.1, 0.15) is 5.72 Å². The largest absolute Gasteiger partial charge is 0.372 e. The van der Waals surface area contributed by atoms with Gasteiger partial charge in [-0.3, -0.25) is 9.78 Å². The second-order valence-corrected chi connectivity index (χ2v) is 6.58. The predicted molar refractivity (Wildman–Crippen MR) is 95.5 cm³/mol. The number of amides is 1. The molecule has 0 aliphatic heterocycles. The molecule has 1 amide bonds. The van der Waals surface area contributed by atoms with Crippen LogP contribution in [0.4, 0.5) is 0 Å². The Balaban J connectivity index is 0.000000194. The van der Waals surface area contributed by atoms with Crippen molar-refractivity contribution >= 4 is 5.91 Å². The smallest absolute Gasteiger partial charge is 0.222 e. The van der Waals surface area contributed by atoms with Gasteiger partial charge in [-0.1, -0.05) is 24.3 Å². The molecule has 2 aromatic rings. The fourth-order valence-corrected chi connectivity index (χ4v) is 2.73. The molecular weight excluding hydrogens is 300 g/mol. The van der Waals surface area contributed by atoms with Gasteiger partial charge < -0.3 is 10.4 Å². The Bertz CT molecular complexity index is 625. The van der Waals surface area contributed by atoms with E-state index in [0.29, 0.717) is 12.8 Å². The van der Waals surface area contributed by atoms with Gasteiger partial charge in [-0.15, -0.1) is 0 Å². The average Bonchev–Trinajstić information content (AvgIpc) is 3.02. The van der Waals surface area contributed by atoms with E-state index in [-0.39, 0.29) is 5.91 Å². The number of rotatable bonds is 4. The van der Waals surface area contributed by atoms with Gasteiger partial charge in [-0.05, 0) is 68.4 Å². The van der Waals surface area contributed by atoms with Crippen molar-refractivity contribution < 1.29 is 9.90 Å². The molecule has 2 N–H and O–H groups in total. The lowest BCUT2D eigenvalue weighted by Crippen LogP contribution is -2.43. The number of carbonyl (C=O) groups excluding carboxylic acids is 1. The minimum absolute atomic E-state index is 0.153. The van der Waals surface area contributed by atoms with Crippen molar-refractivity contribution in [3.8, 4) is 0 Å². The molecule has 0 spiro atoms. The van der Waals surface area contributed by atoms with Crippen LogP contribution in [0.5, 0.6) is 0 Å². The fourth-order valence-electron chi connectivity index (χ4n) is 2.73. The Morgan fingerprint density at radius 3 is 2.25 bits per heavy atom. The zero-order valence-corrected chi connectivity index (χ0v) is 14.5. The monoisotopic (exact) mass is 326 g/mol. The molecule has 4 heteroatoms. The minimum atomic E-state index is -1.14. The van der Waals surface area contributed by atoms with Gasteiger partial charge in [-0.25, -0.2) is 0 Å². The SMILES string of the molecule is CC(C)(O)NC(=O)CCc1ccncc1.c1ccc2c(c1)CCC2. The molecule has 0 unspecified atom stereocenters. The van der Waals surface area contributed by atoms with Crippen LogP contribution in [0.25, 0.3) is 0 Å². The fraction of sp³-hybridized carbons (Fsp3) is 0.400. The van der Waals surface area contributed by atoms with Crippen LogP contribution in [-0.4, -0.2) is 21.7 Å². The quantitative estimate of drug-likeness (QED) is 0.849. The average molecular weight is 326 g/mol. The standard InChI is InChI=1S/C11H16N2O2.C9H10/c1-11(2,15)13-10(14)4-3-9-5-7-12-8-6-9;1-2-5-9-7-3-6-8(9)4-1/h5-8,15H,3-4H2,1-2H3,(H,13,14);1-2,4-5H,3,6-7H2. The highest BCUT2D eigenvalue weighted by atomic mass is 16.3. The molecule has 4 nitrogen and oxygen atoms in total. The number of carbonyl (C=O) groups is 1. The van der Waals surface area contributed by atoms with E-state index < -0.39 is 5.72 Å². The summed E-state index contributed by atoms with van der Waals surface area (Å²) >= 11 is 0. The highest BCUT2D eigenvalue weighted by Gasteiger charge is 2.15. The molecule has 1 aliphatic rings. The van der Waals surface area contributed by atoms with Gasteiger partial charge in [0.25, 0.3) is 0 Å². The predicted octanol–water partition coefficient (Wildman–Crippen LogP) is 3.03. The molecule has 0 saturated carbocycles. The second kappa shape index (κ2) is 8.60. The summed E-state index contributed by atoms with van der Waals surface area (Å²) in [6.07, 6.45) is 8.39. The Hall–Kier alpha value is -2.20. The summed E-state index contributed by atoms with van der Waals surface area (Å²) in [6, 6.07) is 12.5. The molecule has 1 aromatic carbocycles. The number of aromatic nitrogens is 1. The van der Waals surface area contributed by atoms with Crippen LogP contribution in [0.2, 0.25) is 0 Å². The number of hydrogen-bond acceptors (Lipinski definition) is 3. The van der Waals surface area contributed by atoms with E-state index in [2.05, 4.69) is 34.6 Å². The van der Waals surface area contributed by atoms with Crippen LogP contribution < -0.4 is 5.32 Å². The molecule has 3 rings (SSSR count). The summed E-state index contributed by atoms with van der Waals surface area (Å²) in [7, 11) is 0. The second-order valence-electron chi connectivity index (χ2n) is 6.58. The topological polar surface area (TPSA) is 62.2 Å². The molecule has 0 radical (unpaired) electrons. The van der Waals surface area contributed by atoms with E-state index >= 15 is 0 Å². The number of pyridine rings is 1. The van der Waals surface area contributed by atoms with E-state index in [1.807, 2.05) is 12.1 Å². The van der Waals surface area contributed by atoms with E-state index in [4.69, 9.17) is 0 Å². The molecule has 24 heavy (non-hydrogen) atoms. The first-order chi connectivity index (χ1) is 11.4. The van der Waals surface area contributed by atoms with Crippen LogP contribution in [0.1, 0.15) is 43.4 Å². The van der Waals surface area contributed by atoms with Gasteiger partial charge in [0.05, 0.1) is 0 Å². The number of nitrogens with zero attached hydrogens (tertiary/aromatic N) is 1. The van der Waals surface area contributed by atoms with Gasteiger partial charge in [0.2, 0.25) is 5.91 Å². The lowest BCUT2D eigenvalue weighted by molar-refractivity contribution is -0.126. The highest BCUT2D eigenvalue weighted by molar-refractivity contribution is 5.76. The summed E-state index contributed by atoms with van der Waals surface area (Å²) in [5, 5.41) is 11.8. The Kier molecular flexibility index (Phi) is 6.50. The van der Waals surface area contributed by atoms with Crippen molar-refractivity contribution in [2.24, 2.45) is 0 Å². The molecule has 1 heterocycles. The number of hydrogen-bond donors (Lipinski definition) is 2. The third-order valence-electron chi connectivity index (χ3n) is 3.85. The van der Waals surface area contributed by atoms with Gasteiger partial charge in [0, 0.05) is 18.8 Å². The van der Waals surface area contributed by atoms with Crippen LogP contribution in [0.3, 0.4) is 0 Å². The number of fused-ring (bicyclic) bond motifs is 1. The van der Waals surface area contributed by atoms with Gasteiger partial charge >= 0.3 is 0 Å². The summed E-state index contributed by atoms with van der Waals surface area (Å²) in [6.45, 7) is 3.08. The van der Waals surface area contributed by atoms with Gasteiger partial charge in [-0.2, -0.15) is 0 Å². The maximum atomic E-state index is 11.3. The summed E-state index contributed by atoms with van der Waals surface area (Å²) in [5.74, 6) is -0.153. The van der Waals surface area contributed by atoms with E-state index in [9.17, 15) is 9.90 Å². The zero-order chi connectivity index (χ0) is 17.4. The van der Waals surface area contributed by atoms with Crippen LogP contribution in [0, 0.1) is 0 Å². The Morgan fingerprint density at radius 2 is 1.71 bits per heavy atom. The maximum Gasteiger partial charge on any atom is 0.222 e. The van der Waals surface area contributed by atoms with Gasteiger partial charge in [0.15, 0.2) is 0 Å². The highest BCUT2D eigenvalue weighted by Crippen LogP contribution is 2.20. The number of benzene rings is 1. The van der Waals surface area contributed by atoms with E-state index in [1.165, 1.54) is 33.1 Å². The van der Waals surface area contributed by atoms with Crippen molar-refractivity contribution in [1.82, 2.24) is 10.3 Å². The van der Waals surface area contributed by atoms with Crippen molar-refractivity contribution in [1.29, 1.82) is 0 Å². The van der Waals surface area contributed by atoms with E-state index in [1.54, 1.807) is 23.5 Å². The first kappa shape index (κ1) is 18.1. The molecule has 0 fully saturated rings. The first-order valence-electron chi connectivity index (χ1n) is 8.43. The number of aryl methyl sites for hydroxylation is 3. The van der Waals surface area contributed by atoms with Crippen molar-refractivity contribution in [3.63, 3.8) is 0 Å². The summed E-state index contributed by atoms with van der Waals surface area (Å²) in [5.41, 5.74) is 3.06. The summed E-state index contributed by atoms with van der Waals surface area (Å²) in [4.78, 5) is 15.2. The minimum Gasteiger partial charge on any atom is -0.372 e. The van der Waals surface area contributed by atoms with Crippen molar-refractivity contribution in [2.75, 3.05) is 0 Å². The molecule has 0 bridgehead atoms. The normalized spacial score (nSPS) is 12.8. The zero-order valence-electron chi connectivity index (χ0n) is 14.5. The lowest BCUT2D eigenvalue weighted by atomic mass is 10.1. The van der Waals surface area contributed by atoms with Crippen LogP contribution >= 0.6 is 0 Å². The Morgan fingerprint density at radius 1 is 1.12 bits per heavy atom. The maximum absolute atomic E-state index is 11.3. The lowest BCUT2D eigenvalue weighted by Gasteiger charge is -2.18.